The zero-order valence-electron chi connectivity index (χ0n) is 14.8. The number of carbonyl (C=O) groups excluding carboxylic acids is 1. The van der Waals surface area contributed by atoms with Crippen LogP contribution in [0.15, 0.2) is 72.3 Å². The largest absolute Gasteiger partial charge is 0.345 e. The minimum atomic E-state index is -3.28. The molecule has 1 atom stereocenters. The van der Waals surface area contributed by atoms with Crippen molar-refractivity contribution in [3.63, 3.8) is 0 Å². The molecule has 1 amide bonds. The van der Waals surface area contributed by atoms with E-state index in [0.29, 0.717) is 29.0 Å². The zero-order chi connectivity index (χ0) is 19.0. The van der Waals surface area contributed by atoms with Gasteiger partial charge in [0.05, 0.1) is 22.3 Å². The van der Waals surface area contributed by atoms with E-state index in [-0.39, 0.29) is 17.7 Å². The van der Waals surface area contributed by atoms with Crippen LogP contribution in [0.5, 0.6) is 0 Å². The summed E-state index contributed by atoms with van der Waals surface area (Å²) in [5.41, 5.74) is 2.21. The Labute approximate surface area is 158 Å². The molecule has 0 aliphatic carbocycles. The van der Waals surface area contributed by atoms with Crippen molar-refractivity contribution in [2.75, 3.05) is 5.75 Å². The molecule has 0 fully saturated rings. The number of nitrogens with zero attached hydrogens (tertiary/aromatic N) is 1. The minimum Gasteiger partial charge on any atom is -0.345 e. The molecule has 138 valence electrons. The second-order valence-corrected chi connectivity index (χ2v) is 8.75. The number of amides is 1. The second kappa shape index (κ2) is 6.70. The van der Waals surface area contributed by atoms with E-state index in [2.05, 4.69) is 11.9 Å². The molecule has 1 aromatic heterocycles. The molecule has 1 aliphatic rings. The van der Waals surface area contributed by atoms with E-state index in [1.54, 1.807) is 30.3 Å². The van der Waals surface area contributed by atoms with Crippen molar-refractivity contribution in [1.29, 1.82) is 0 Å². The van der Waals surface area contributed by atoms with Crippen molar-refractivity contribution in [3.8, 4) is 0 Å². The number of nitrogens with one attached hydrogen (secondary N) is 1. The van der Waals surface area contributed by atoms with Crippen LogP contribution >= 0.6 is 0 Å². The van der Waals surface area contributed by atoms with Crippen molar-refractivity contribution >= 4 is 26.6 Å². The fraction of sp³-hybridized carbons (Fsp3) is 0.190. The van der Waals surface area contributed by atoms with Crippen LogP contribution in [-0.2, 0) is 16.4 Å². The van der Waals surface area contributed by atoms with E-state index in [0.717, 1.165) is 10.9 Å². The summed E-state index contributed by atoms with van der Waals surface area (Å²) >= 11 is 0. The van der Waals surface area contributed by atoms with Gasteiger partial charge in [0, 0.05) is 23.6 Å². The van der Waals surface area contributed by atoms with Gasteiger partial charge in [-0.3, -0.25) is 4.79 Å². The van der Waals surface area contributed by atoms with Gasteiger partial charge < -0.3 is 9.88 Å². The molecule has 6 heteroatoms. The predicted octanol–water partition coefficient (Wildman–Crippen LogP) is 3.48. The highest BCUT2D eigenvalue weighted by Gasteiger charge is 2.31. The maximum atomic E-state index is 13.0. The van der Waals surface area contributed by atoms with Crippen molar-refractivity contribution in [2.45, 2.75) is 23.9 Å². The molecule has 1 N–H and O–H groups in total. The highest BCUT2D eigenvalue weighted by Crippen LogP contribution is 2.32. The number of sulfone groups is 1. The average Bonchev–Trinajstić information content (AvgIpc) is 3.04. The van der Waals surface area contributed by atoms with Crippen LogP contribution in [0.2, 0.25) is 0 Å². The van der Waals surface area contributed by atoms with Crippen LogP contribution < -0.4 is 5.32 Å². The molecule has 0 bridgehead atoms. The summed E-state index contributed by atoms with van der Waals surface area (Å²) in [5, 5.41) is 3.90. The number of para-hydroxylation sites is 1. The van der Waals surface area contributed by atoms with Crippen molar-refractivity contribution in [3.05, 3.63) is 78.5 Å². The number of hydrogen-bond acceptors (Lipinski definition) is 3. The summed E-state index contributed by atoms with van der Waals surface area (Å²) in [6.45, 7) is 4.38. The first-order valence-corrected chi connectivity index (χ1v) is 10.5. The van der Waals surface area contributed by atoms with E-state index in [1.807, 2.05) is 35.0 Å². The first kappa shape index (κ1) is 17.5. The molecule has 1 aliphatic heterocycles. The van der Waals surface area contributed by atoms with Crippen LogP contribution in [0, 0.1) is 0 Å². The van der Waals surface area contributed by atoms with Gasteiger partial charge in [-0.1, -0.05) is 42.5 Å². The van der Waals surface area contributed by atoms with Crippen molar-refractivity contribution in [1.82, 2.24) is 9.88 Å². The summed E-state index contributed by atoms with van der Waals surface area (Å²) in [4.78, 5) is 13.3. The van der Waals surface area contributed by atoms with Crippen molar-refractivity contribution < 1.29 is 13.2 Å². The Kier molecular flexibility index (Phi) is 4.36. The molecule has 0 saturated carbocycles. The lowest BCUT2D eigenvalue weighted by Crippen LogP contribution is -2.33. The fourth-order valence-corrected chi connectivity index (χ4v) is 5.32. The Morgan fingerprint density at radius 3 is 2.74 bits per heavy atom. The molecule has 0 radical (unpaired) electrons. The van der Waals surface area contributed by atoms with Crippen LogP contribution in [0.25, 0.3) is 10.9 Å². The van der Waals surface area contributed by atoms with Gasteiger partial charge in [0.25, 0.3) is 5.91 Å². The Morgan fingerprint density at radius 1 is 1.19 bits per heavy atom. The normalized spacial score (nSPS) is 18.0. The van der Waals surface area contributed by atoms with Crippen molar-refractivity contribution in [2.24, 2.45) is 0 Å². The molecule has 2 aromatic carbocycles. The van der Waals surface area contributed by atoms with Gasteiger partial charge in [-0.05, 0) is 24.1 Å². The molecule has 0 spiro atoms. The third kappa shape index (κ3) is 3.06. The number of fused-ring (bicyclic) bond motifs is 2. The Morgan fingerprint density at radius 2 is 1.93 bits per heavy atom. The standard InChI is InChI=1S/C21H20N2O3S/c1-2-12-23-14-17(15-7-3-5-9-19(15)23)21(24)22-18-11-13-27(25,26)20-10-6-4-8-16(18)20/h2-10,14,18H,1,11-13H2,(H,22,24)/t18-/m1/s1. The SMILES string of the molecule is C=CCn1cc(C(=O)N[C@@H]2CCS(=O)(=O)c3ccccc32)c2ccccc21. The van der Waals surface area contributed by atoms with Gasteiger partial charge in [-0.15, -0.1) is 6.58 Å². The van der Waals surface area contributed by atoms with Gasteiger partial charge >= 0.3 is 0 Å². The summed E-state index contributed by atoms with van der Waals surface area (Å²) in [5.74, 6) is -0.166. The lowest BCUT2D eigenvalue weighted by molar-refractivity contribution is 0.0936. The maximum Gasteiger partial charge on any atom is 0.253 e. The number of benzene rings is 2. The molecular formula is C21H20N2O3S. The van der Waals surface area contributed by atoms with E-state index in [1.165, 1.54) is 0 Å². The van der Waals surface area contributed by atoms with Gasteiger partial charge in [-0.25, -0.2) is 8.42 Å². The summed E-state index contributed by atoms with van der Waals surface area (Å²) < 4.78 is 26.6. The lowest BCUT2D eigenvalue weighted by Gasteiger charge is -2.26. The Hall–Kier alpha value is -2.86. The number of hydrogen-bond donors (Lipinski definition) is 1. The van der Waals surface area contributed by atoms with Gasteiger partial charge in [-0.2, -0.15) is 0 Å². The number of aromatic nitrogens is 1. The van der Waals surface area contributed by atoms with Gasteiger partial charge in [0.15, 0.2) is 9.84 Å². The molecule has 0 unspecified atom stereocenters. The van der Waals surface area contributed by atoms with E-state index in [4.69, 9.17) is 0 Å². The lowest BCUT2D eigenvalue weighted by atomic mass is 10.0. The second-order valence-electron chi connectivity index (χ2n) is 6.67. The number of carbonyl (C=O) groups is 1. The monoisotopic (exact) mass is 380 g/mol. The van der Waals surface area contributed by atoms with E-state index < -0.39 is 9.84 Å². The molecular weight excluding hydrogens is 360 g/mol. The molecule has 5 nitrogen and oxygen atoms in total. The van der Waals surface area contributed by atoms with Crippen LogP contribution in [-0.4, -0.2) is 24.6 Å². The van der Waals surface area contributed by atoms with Gasteiger partial charge in [0.1, 0.15) is 0 Å². The smallest absolute Gasteiger partial charge is 0.253 e. The fourth-order valence-electron chi connectivity index (χ4n) is 3.69. The highest BCUT2D eigenvalue weighted by atomic mass is 32.2. The Bertz CT molecular complexity index is 1150. The third-order valence-corrected chi connectivity index (χ3v) is 6.78. The molecule has 0 saturated heterocycles. The third-order valence-electron chi connectivity index (χ3n) is 4.97. The molecule has 3 aromatic rings. The summed E-state index contributed by atoms with van der Waals surface area (Å²) in [6, 6.07) is 14.3. The topological polar surface area (TPSA) is 68.2 Å². The predicted molar refractivity (Wildman–Crippen MR) is 105 cm³/mol. The molecule has 4 rings (SSSR count). The summed E-state index contributed by atoms with van der Waals surface area (Å²) in [7, 11) is -3.28. The quantitative estimate of drug-likeness (QED) is 0.705. The van der Waals surface area contributed by atoms with Crippen LogP contribution in [0.3, 0.4) is 0 Å². The van der Waals surface area contributed by atoms with Crippen LogP contribution in [0.4, 0.5) is 0 Å². The molecule has 27 heavy (non-hydrogen) atoms. The van der Waals surface area contributed by atoms with E-state index >= 15 is 0 Å². The number of allylic oxidation sites excluding steroid dienone is 1. The Balaban J connectivity index is 1.70. The van der Waals surface area contributed by atoms with Gasteiger partial charge in [0.2, 0.25) is 0 Å². The summed E-state index contributed by atoms with van der Waals surface area (Å²) in [6.07, 6.45) is 3.99. The average molecular weight is 380 g/mol. The highest BCUT2D eigenvalue weighted by molar-refractivity contribution is 7.91. The van der Waals surface area contributed by atoms with Crippen LogP contribution in [0.1, 0.15) is 28.4 Å². The first-order valence-electron chi connectivity index (χ1n) is 8.82. The minimum absolute atomic E-state index is 0.0349. The molecule has 2 heterocycles. The maximum absolute atomic E-state index is 13.0. The first-order chi connectivity index (χ1) is 13.0. The van der Waals surface area contributed by atoms with E-state index in [9.17, 15) is 13.2 Å². The zero-order valence-corrected chi connectivity index (χ0v) is 15.6. The number of rotatable bonds is 4.